The molecule has 0 saturated heterocycles. The molecule has 4 heteroatoms. The highest BCUT2D eigenvalue weighted by Crippen LogP contribution is 2.46. The number of nitrogens with zero attached hydrogens (tertiary/aromatic N) is 1. The molecule has 1 heterocycles. The summed E-state index contributed by atoms with van der Waals surface area (Å²) in [4.78, 5) is 7.93. The third kappa shape index (κ3) is 1.73. The number of rotatable bonds is 3. The van der Waals surface area contributed by atoms with Crippen molar-refractivity contribution in [1.29, 1.82) is 0 Å². The Kier molecular flexibility index (Phi) is 2.48. The van der Waals surface area contributed by atoms with Crippen LogP contribution in [-0.2, 0) is 5.41 Å². The number of hydrogen-bond donors (Lipinski definition) is 2. The Hall–Kier alpha value is -1.68. The van der Waals surface area contributed by atoms with Gasteiger partial charge in [0.25, 0.3) is 0 Å². The van der Waals surface area contributed by atoms with Crippen molar-refractivity contribution in [3.05, 3.63) is 41.6 Å². The average molecular weight is 245 g/mol. The van der Waals surface area contributed by atoms with Gasteiger partial charge in [-0.05, 0) is 31.9 Å². The second-order valence-corrected chi connectivity index (χ2v) is 5.05. The first-order valence-electron chi connectivity index (χ1n) is 6.18. The fraction of sp³-hybridized carbons (Fsp3) is 0.357. The molecule has 2 aromatic rings. The van der Waals surface area contributed by atoms with Crippen LogP contribution in [-0.4, -0.2) is 16.5 Å². The number of nitrogens with two attached hydrogens (primary N) is 1. The molecule has 1 aliphatic carbocycles. The Morgan fingerprint density at radius 2 is 2.22 bits per heavy atom. The van der Waals surface area contributed by atoms with Crippen molar-refractivity contribution in [3.63, 3.8) is 0 Å². The number of hydrogen-bond acceptors (Lipinski definition) is 2. The van der Waals surface area contributed by atoms with Gasteiger partial charge in [0, 0.05) is 23.2 Å². The fourth-order valence-electron chi connectivity index (χ4n) is 2.32. The average Bonchev–Trinajstić information content (AvgIpc) is 3.07. The normalized spacial score (nSPS) is 16.8. The van der Waals surface area contributed by atoms with E-state index in [1.807, 2.05) is 13.0 Å². The molecule has 1 aliphatic rings. The molecule has 0 spiro atoms. The topological polar surface area (TPSA) is 54.7 Å². The molecule has 0 atom stereocenters. The van der Waals surface area contributed by atoms with Gasteiger partial charge >= 0.3 is 0 Å². The summed E-state index contributed by atoms with van der Waals surface area (Å²) in [6.07, 6.45) is 2.16. The maximum atomic E-state index is 13.2. The van der Waals surface area contributed by atoms with Crippen LogP contribution in [0.4, 0.5) is 4.39 Å². The lowest BCUT2D eigenvalue weighted by atomic mass is 10.1. The number of aromatic nitrogens is 2. The molecular weight excluding hydrogens is 229 g/mol. The first-order valence-corrected chi connectivity index (χ1v) is 6.18. The number of nitrogens with one attached hydrogen (secondary N) is 1. The van der Waals surface area contributed by atoms with Gasteiger partial charge in [-0.25, -0.2) is 9.37 Å². The fourth-order valence-corrected chi connectivity index (χ4v) is 2.32. The second-order valence-electron chi connectivity index (χ2n) is 5.05. The number of benzene rings is 1. The van der Waals surface area contributed by atoms with Crippen LogP contribution in [0.1, 0.15) is 24.4 Å². The minimum absolute atomic E-state index is 0.0380. The Labute approximate surface area is 105 Å². The molecule has 0 amide bonds. The Bertz CT molecular complexity index is 584. The number of aromatic amines is 1. The molecule has 3 N–H and O–H groups in total. The van der Waals surface area contributed by atoms with Gasteiger partial charge in [-0.1, -0.05) is 12.1 Å². The first kappa shape index (κ1) is 11.4. The van der Waals surface area contributed by atoms with E-state index in [0.717, 1.165) is 35.6 Å². The molecule has 1 aromatic carbocycles. The van der Waals surface area contributed by atoms with E-state index in [2.05, 4.69) is 9.97 Å². The lowest BCUT2D eigenvalue weighted by Crippen LogP contribution is -2.21. The van der Waals surface area contributed by atoms with Crippen LogP contribution in [0.2, 0.25) is 0 Å². The summed E-state index contributed by atoms with van der Waals surface area (Å²) in [5.74, 6) is 0.707. The maximum absolute atomic E-state index is 13.2. The lowest BCUT2D eigenvalue weighted by molar-refractivity contribution is 0.628. The smallest absolute Gasteiger partial charge is 0.123 e. The van der Waals surface area contributed by atoms with E-state index < -0.39 is 0 Å². The third-order valence-electron chi connectivity index (χ3n) is 3.73. The first-order chi connectivity index (χ1) is 8.64. The summed E-state index contributed by atoms with van der Waals surface area (Å²) in [7, 11) is 0. The minimum Gasteiger partial charge on any atom is -0.345 e. The van der Waals surface area contributed by atoms with Crippen molar-refractivity contribution >= 4 is 0 Å². The maximum Gasteiger partial charge on any atom is 0.123 e. The zero-order valence-corrected chi connectivity index (χ0v) is 10.3. The van der Waals surface area contributed by atoms with E-state index in [-0.39, 0.29) is 11.2 Å². The van der Waals surface area contributed by atoms with E-state index >= 15 is 0 Å². The largest absolute Gasteiger partial charge is 0.345 e. The molecule has 3 nitrogen and oxygen atoms in total. The number of aryl methyl sites for hydroxylation is 1. The van der Waals surface area contributed by atoms with Crippen molar-refractivity contribution in [3.8, 4) is 11.3 Å². The molecule has 0 unspecified atom stereocenters. The minimum atomic E-state index is -0.239. The molecular formula is C14H16FN3. The van der Waals surface area contributed by atoms with Crippen LogP contribution in [0.25, 0.3) is 11.3 Å². The molecule has 1 fully saturated rings. The van der Waals surface area contributed by atoms with Crippen LogP contribution >= 0.6 is 0 Å². The summed E-state index contributed by atoms with van der Waals surface area (Å²) in [6.45, 7) is 2.58. The quantitative estimate of drug-likeness (QED) is 0.873. The predicted molar refractivity (Wildman–Crippen MR) is 68.7 cm³/mol. The van der Waals surface area contributed by atoms with Gasteiger partial charge in [-0.15, -0.1) is 0 Å². The molecule has 1 saturated carbocycles. The zero-order valence-electron chi connectivity index (χ0n) is 10.3. The molecule has 3 rings (SSSR count). The van der Waals surface area contributed by atoms with E-state index in [0.29, 0.717) is 6.54 Å². The van der Waals surface area contributed by atoms with Crippen LogP contribution in [0, 0.1) is 12.7 Å². The molecule has 94 valence electrons. The summed E-state index contributed by atoms with van der Waals surface area (Å²) >= 11 is 0. The van der Waals surface area contributed by atoms with Crippen molar-refractivity contribution < 1.29 is 4.39 Å². The number of halogens is 1. The standard InChI is InChI=1S/C14H16FN3/c1-9-12(10-3-2-4-11(15)7-10)18-13(17-9)14(8-16)5-6-14/h2-4,7H,5-6,8,16H2,1H3,(H,17,18). The highest BCUT2D eigenvalue weighted by molar-refractivity contribution is 5.62. The Morgan fingerprint density at radius 3 is 2.83 bits per heavy atom. The lowest BCUT2D eigenvalue weighted by Gasteiger charge is -2.07. The van der Waals surface area contributed by atoms with Gasteiger partial charge < -0.3 is 10.7 Å². The molecule has 0 aliphatic heterocycles. The summed E-state index contributed by atoms with van der Waals surface area (Å²) in [5, 5.41) is 0. The summed E-state index contributed by atoms with van der Waals surface area (Å²) in [5.41, 5.74) is 8.44. The van der Waals surface area contributed by atoms with Gasteiger partial charge in [0.1, 0.15) is 11.6 Å². The van der Waals surface area contributed by atoms with Crippen molar-refractivity contribution in [2.45, 2.75) is 25.2 Å². The number of H-pyrrole nitrogens is 1. The van der Waals surface area contributed by atoms with Gasteiger partial charge in [0.15, 0.2) is 0 Å². The van der Waals surface area contributed by atoms with Crippen molar-refractivity contribution in [2.75, 3.05) is 6.54 Å². The molecule has 18 heavy (non-hydrogen) atoms. The number of imidazole rings is 1. The van der Waals surface area contributed by atoms with E-state index in [1.54, 1.807) is 6.07 Å². The highest BCUT2D eigenvalue weighted by atomic mass is 19.1. The SMILES string of the molecule is Cc1[nH]c(C2(CN)CC2)nc1-c1cccc(F)c1. The summed E-state index contributed by atoms with van der Waals surface area (Å²) in [6, 6.07) is 6.52. The van der Waals surface area contributed by atoms with Crippen LogP contribution in [0.3, 0.4) is 0 Å². The van der Waals surface area contributed by atoms with Gasteiger partial charge in [0.2, 0.25) is 0 Å². The molecule has 0 bridgehead atoms. The Morgan fingerprint density at radius 1 is 1.44 bits per heavy atom. The molecule has 0 radical (unpaired) electrons. The van der Waals surface area contributed by atoms with Crippen molar-refractivity contribution in [1.82, 2.24) is 9.97 Å². The second kappa shape index (κ2) is 3.92. The Balaban J connectivity index is 2.03. The zero-order chi connectivity index (χ0) is 12.8. The van der Waals surface area contributed by atoms with Crippen LogP contribution in [0.5, 0.6) is 0 Å². The molecule has 1 aromatic heterocycles. The van der Waals surface area contributed by atoms with Gasteiger partial charge in [0.05, 0.1) is 5.69 Å². The third-order valence-corrected chi connectivity index (χ3v) is 3.73. The van der Waals surface area contributed by atoms with Crippen LogP contribution < -0.4 is 5.73 Å². The monoisotopic (exact) mass is 245 g/mol. The van der Waals surface area contributed by atoms with E-state index in [4.69, 9.17) is 5.73 Å². The van der Waals surface area contributed by atoms with E-state index in [1.165, 1.54) is 12.1 Å². The predicted octanol–water partition coefficient (Wildman–Crippen LogP) is 2.51. The highest BCUT2D eigenvalue weighted by Gasteiger charge is 2.45. The van der Waals surface area contributed by atoms with Crippen LogP contribution in [0.15, 0.2) is 24.3 Å². The van der Waals surface area contributed by atoms with Gasteiger partial charge in [-0.2, -0.15) is 0 Å². The van der Waals surface area contributed by atoms with Crippen molar-refractivity contribution in [2.24, 2.45) is 5.73 Å². The summed E-state index contributed by atoms with van der Waals surface area (Å²) < 4.78 is 13.2. The van der Waals surface area contributed by atoms with E-state index in [9.17, 15) is 4.39 Å². The van der Waals surface area contributed by atoms with Gasteiger partial charge in [-0.3, -0.25) is 0 Å².